The quantitative estimate of drug-likeness (QED) is 0.420. The number of rotatable bonds is 5. The average Bonchev–Trinajstić information content (AvgIpc) is 3.16. The summed E-state index contributed by atoms with van der Waals surface area (Å²) in [6, 6.07) is 15.3. The smallest absolute Gasteiger partial charge is 0.233 e. The summed E-state index contributed by atoms with van der Waals surface area (Å²) < 4.78 is 14.2. The van der Waals surface area contributed by atoms with Crippen molar-refractivity contribution in [3.8, 4) is 0 Å². The monoisotopic (exact) mass is 425 g/mol. The fraction of sp³-hybridized carbons (Fsp3) is 0.136. The molecule has 4 nitrogen and oxygen atoms in total. The number of hydrogen-bond donors (Lipinski definition) is 0. The number of aryl methyl sites for hydroxylation is 1. The van der Waals surface area contributed by atoms with Crippen LogP contribution in [0.5, 0.6) is 0 Å². The van der Waals surface area contributed by atoms with E-state index in [4.69, 9.17) is 16.6 Å². The molecule has 0 unspecified atom stereocenters. The molecule has 0 saturated carbocycles. The molecule has 0 saturated heterocycles. The van der Waals surface area contributed by atoms with Crippen molar-refractivity contribution in [3.63, 3.8) is 0 Å². The van der Waals surface area contributed by atoms with Gasteiger partial charge in [0, 0.05) is 11.2 Å². The lowest BCUT2D eigenvalue weighted by Gasteiger charge is -2.19. The first kappa shape index (κ1) is 19.5. The van der Waals surface area contributed by atoms with Crippen LogP contribution in [0.4, 0.5) is 9.52 Å². The summed E-state index contributed by atoms with van der Waals surface area (Å²) >= 11 is 7.67. The first-order chi connectivity index (χ1) is 14.0. The van der Waals surface area contributed by atoms with Gasteiger partial charge in [-0.15, -0.1) is 0 Å². The molecule has 7 heteroatoms. The van der Waals surface area contributed by atoms with Crippen LogP contribution in [0.2, 0.25) is 5.02 Å². The van der Waals surface area contributed by atoms with Gasteiger partial charge in [0.2, 0.25) is 5.91 Å². The summed E-state index contributed by atoms with van der Waals surface area (Å²) in [5.41, 5.74) is 3.17. The van der Waals surface area contributed by atoms with Crippen LogP contribution >= 0.6 is 22.9 Å². The van der Waals surface area contributed by atoms with Crippen molar-refractivity contribution in [1.29, 1.82) is 0 Å². The fourth-order valence-electron chi connectivity index (χ4n) is 2.99. The largest absolute Gasteiger partial charge is 0.282 e. The van der Waals surface area contributed by atoms with Crippen LogP contribution in [0.25, 0.3) is 10.2 Å². The van der Waals surface area contributed by atoms with E-state index in [1.165, 1.54) is 23.5 Å². The van der Waals surface area contributed by atoms with Gasteiger partial charge in [0.25, 0.3) is 0 Å². The number of amides is 1. The molecule has 0 aliphatic rings. The molecule has 2 aromatic carbocycles. The Balaban J connectivity index is 1.70. The van der Waals surface area contributed by atoms with Crippen molar-refractivity contribution < 1.29 is 9.18 Å². The van der Waals surface area contributed by atoms with Crippen molar-refractivity contribution in [2.45, 2.75) is 19.9 Å². The molecule has 0 fully saturated rings. The van der Waals surface area contributed by atoms with E-state index in [9.17, 15) is 9.18 Å². The van der Waals surface area contributed by atoms with Crippen molar-refractivity contribution in [2.24, 2.45) is 0 Å². The van der Waals surface area contributed by atoms with Crippen molar-refractivity contribution in [3.05, 3.63) is 88.5 Å². The summed E-state index contributed by atoms with van der Waals surface area (Å²) in [5, 5.41) is 1.23. The van der Waals surface area contributed by atoms with Crippen LogP contribution < -0.4 is 4.90 Å². The highest BCUT2D eigenvalue weighted by molar-refractivity contribution is 7.22. The molecule has 146 valence electrons. The Labute approximate surface area is 176 Å². The van der Waals surface area contributed by atoms with Gasteiger partial charge in [0.05, 0.1) is 28.9 Å². The number of aromatic nitrogens is 2. The molecule has 4 rings (SSSR count). The number of anilines is 1. The van der Waals surface area contributed by atoms with Gasteiger partial charge in [0.1, 0.15) is 5.82 Å². The number of thiazole rings is 1. The maximum atomic E-state index is 13.2. The van der Waals surface area contributed by atoms with E-state index in [0.717, 1.165) is 27.0 Å². The zero-order chi connectivity index (χ0) is 20.4. The van der Waals surface area contributed by atoms with Crippen LogP contribution in [0.15, 0.2) is 60.8 Å². The van der Waals surface area contributed by atoms with Gasteiger partial charge < -0.3 is 0 Å². The topological polar surface area (TPSA) is 46.1 Å². The van der Waals surface area contributed by atoms with E-state index >= 15 is 0 Å². The van der Waals surface area contributed by atoms with Gasteiger partial charge in [-0.2, -0.15) is 0 Å². The minimum Gasteiger partial charge on any atom is -0.282 e. The predicted molar refractivity (Wildman–Crippen MR) is 115 cm³/mol. The van der Waals surface area contributed by atoms with Gasteiger partial charge in [-0.05, 0) is 54.4 Å². The second kappa shape index (κ2) is 8.27. The summed E-state index contributed by atoms with van der Waals surface area (Å²) in [6.45, 7) is 2.21. The van der Waals surface area contributed by atoms with Crippen LogP contribution in [0, 0.1) is 12.7 Å². The van der Waals surface area contributed by atoms with Crippen molar-refractivity contribution >= 4 is 44.2 Å². The minimum atomic E-state index is -0.329. The Kier molecular flexibility index (Phi) is 5.56. The Hall–Kier alpha value is -2.83. The standard InChI is InChI=1S/C22H17ClFN3OS/c1-14-18(23)9-10-19-21(14)26-22(29-19)27(13-17-4-2-3-11-25-17)20(28)12-15-5-7-16(24)8-6-15/h2-11H,12-13H2,1H3. The molecule has 0 aliphatic heterocycles. The van der Waals surface area contributed by atoms with Gasteiger partial charge >= 0.3 is 0 Å². The highest BCUT2D eigenvalue weighted by Crippen LogP contribution is 2.34. The molecular formula is C22H17ClFN3OS. The van der Waals surface area contributed by atoms with E-state index in [0.29, 0.717) is 16.7 Å². The number of benzene rings is 2. The molecule has 1 amide bonds. The molecule has 0 bridgehead atoms. The van der Waals surface area contributed by atoms with Crippen LogP contribution in [0.3, 0.4) is 0 Å². The lowest BCUT2D eigenvalue weighted by atomic mass is 10.1. The third-order valence-corrected chi connectivity index (χ3v) is 6.04. The second-order valence-corrected chi connectivity index (χ2v) is 8.04. The first-order valence-electron chi connectivity index (χ1n) is 9.01. The molecular weight excluding hydrogens is 409 g/mol. The highest BCUT2D eigenvalue weighted by atomic mass is 35.5. The minimum absolute atomic E-state index is 0.134. The number of halogens is 2. The van der Waals surface area contributed by atoms with Crippen molar-refractivity contribution in [1.82, 2.24) is 9.97 Å². The number of carbonyl (C=O) groups excluding carboxylic acids is 1. The second-order valence-electron chi connectivity index (χ2n) is 6.62. The van der Waals surface area contributed by atoms with E-state index in [1.807, 2.05) is 37.3 Å². The summed E-state index contributed by atoms with van der Waals surface area (Å²) in [6.07, 6.45) is 1.84. The number of hydrogen-bond acceptors (Lipinski definition) is 4. The Morgan fingerprint density at radius 2 is 1.93 bits per heavy atom. The third kappa shape index (κ3) is 4.28. The van der Waals surface area contributed by atoms with Crippen molar-refractivity contribution in [2.75, 3.05) is 4.90 Å². The summed E-state index contributed by atoms with van der Waals surface area (Å²) in [4.78, 5) is 23.8. The lowest BCUT2D eigenvalue weighted by molar-refractivity contribution is -0.118. The number of nitrogens with zero attached hydrogens (tertiary/aromatic N) is 3. The lowest BCUT2D eigenvalue weighted by Crippen LogP contribution is -2.32. The molecule has 2 aromatic heterocycles. The molecule has 29 heavy (non-hydrogen) atoms. The molecule has 0 atom stereocenters. The third-order valence-electron chi connectivity index (χ3n) is 4.58. The summed E-state index contributed by atoms with van der Waals surface area (Å²) in [7, 11) is 0. The SMILES string of the molecule is Cc1c(Cl)ccc2sc(N(Cc3ccccn3)C(=O)Cc3ccc(F)cc3)nc12. The normalized spacial score (nSPS) is 11.0. The number of carbonyl (C=O) groups is 1. The average molecular weight is 426 g/mol. The van der Waals surface area contributed by atoms with E-state index in [2.05, 4.69) is 4.98 Å². The van der Waals surface area contributed by atoms with Crippen LogP contribution in [-0.4, -0.2) is 15.9 Å². The number of fused-ring (bicyclic) bond motifs is 1. The van der Waals surface area contributed by atoms with Gasteiger partial charge in [-0.3, -0.25) is 14.7 Å². The van der Waals surface area contributed by atoms with E-state index in [-0.39, 0.29) is 18.1 Å². The first-order valence-corrected chi connectivity index (χ1v) is 10.2. The van der Waals surface area contributed by atoms with Gasteiger partial charge in [0.15, 0.2) is 5.13 Å². The van der Waals surface area contributed by atoms with E-state index in [1.54, 1.807) is 23.2 Å². The Bertz CT molecular complexity index is 1160. The van der Waals surface area contributed by atoms with Gasteiger partial charge in [-0.1, -0.05) is 41.1 Å². The van der Waals surface area contributed by atoms with Crippen LogP contribution in [0.1, 0.15) is 16.8 Å². The molecule has 0 aliphatic carbocycles. The van der Waals surface area contributed by atoms with Gasteiger partial charge in [-0.25, -0.2) is 9.37 Å². The summed E-state index contributed by atoms with van der Waals surface area (Å²) in [5.74, 6) is -0.463. The predicted octanol–water partition coefficient (Wildman–Crippen LogP) is 5.57. The zero-order valence-corrected chi connectivity index (χ0v) is 17.2. The highest BCUT2D eigenvalue weighted by Gasteiger charge is 2.22. The van der Waals surface area contributed by atoms with Crippen LogP contribution in [-0.2, 0) is 17.8 Å². The molecule has 2 heterocycles. The molecule has 0 N–H and O–H groups in total. The molecule has 0 radical (unpaired) electrons. The molecule has 0 spiro atoms. The fourth-order valence-corrected chi connectivity index (χ4v) is 4.19. The molecule has 4 aromatic rings. The Morgan fingerprint density at radius 1 is 1.14 bits per heavy atom. The Morgan fingerprint density at radius 3 is 2.66 bits per heavy atom. The maximum Gasteiger partial charge on any atom is 0.233 e. The number of pyridine rings is 1. The zero-order valence-electron chi connectivity index (χ0n) is 15.6. The van der Waals surface area contributed by atoms with E-state index < -0.39 is 0 Å². The maximum absolute atomic E-state index is 13.2.